The predicted molar refractivity (Wildman–Crippen MR) is 101 cm³/mol. The number of carbonyl (C=O) groups excluding carboxylic acids is 1. The number of nitrogens with zero attached hydrogens (tertiary/aromatic N) is 5. The molecule has 1 amide bonds. The molecule has 1 fully saturated rings. The number of ether oxygens (including phenoxy) is 1. The monoisotopic (exact) mass is 364 g/mol. The first-order valence-corrected chi connectivity index (χ1v) is 8.91. The Balaban J connectivity index is 1.61. The Kier molecular flexibility index (Phi) is 4.50. The van der Waals surface area contributed by atoms with Gasteiger partial charge in [-0.15, -0.1) is 0 Å². The van der Waals surface area contributed by atoms with E-state index in [0.29, 0.717) is 6.54 Å². The van der Waals surface area contributed by atoms with Crippen LogP contribution in [0.3, 0.4) is 0 Å². The van der Waals surface area contributed by atoms with Crippen LogP contribution in [0.5, 0.6) is 0 Å². The summed E-state index contributed by atoms with van der Waals surface area (Å²) in [5.74, 6) is 0. The fraction of sp³-hybridized carbons (Fsp3) is 0.368. The van der Waals surface area contributed by atoms with Crippen molar-refractivity contribution < 1.29 is 9.53 Å². The smallest absolute Gasteiger partial charge is 0.410 e. The van der Waals surface area contributed by atoms with Crippen LogP contribution in [0.2, 0.25) is 0 Å². The number of hydrogen-bond donors (Lipinski definition) is 1. The van der Waals surface area contributed by atoms with Crippen LogP contribution in [0.25, 0.3) is 21.8 Å². The van der Waals surface area contributed by atoms with Gasteiger partial charge in [-0.05, 0) is 18.9 Å². The maximum atomic E-state index is 12.1. The maximum Gasteiger partial charge on any atom is 0.410 e. The Hall–Kier alpha value is -3.34. The predicted octanol–water partition coefficient (Wildman–Crippen LogP) is 2.67. The van der Waals surface area contributed by atoms with Gasteiger partial charge in [0.2, 0.25) is 0 Å². The molecule has 0 saturated carbocycles. The van der Waals surface area contributed by atoms with Crippen molar-refractivity contribution in [1.82, 2.24) is 19.9 Å². The van der Waals surface area contributed by atoms with Gasteiger partial charge in [0, 0.05) is 48.3 Å². The largest absolute Gasteiger partial charge is 0.444 e. The number of anilines is 1. The maximum absolute atomic E-state index is 12.1. The molecule has 1 unspecified atom stereocenters. The molecule has 4 rings (SSSR count). The number of aromatic amines is 1. The third kappa shape index (κ3) is 3.24. The van der Waals surface area contributed by atoms with E-state index in [2.05, 4.69) is 19.9 Å². The number of hydrogen-bond acceptors (Lipinski definition) is 6. The number of fused-ring (bicyclic) bond motifs is 3. The number of nitrogens with one attached hydrogen (secondary N) is 1. The van der Waals surface area contributed by atoms with Gasteiger partial charge in [-0.1, -0.05) is 0 Å². The quantitative estimate of drug-likeness (QED) is 0.718. The van der Waals surface area contributed by atoms with Crippen molar-refractivity contribution in [1.29, 1.82) is 5.26 Å². The Morgan fingerprint density at radius 1 is 1.48 bits per heavy atom. The molecule has 0 aliphatic carbocycles. The van der Waals surface area contributed by atoms with E-state index in [0.717, 1.165) is 46.9 Å². The minimum Gasteiger partial charge on any atom is -0.444 e. The number of rotatable bonds is 3. The normalized spacial score (nSPS) is 17.0. The summed E-state index contributed by atoms with van der Waals surface area (Å²) in [5, 5.41) is 11.9. The molecular formula is C19H20N6O2. The van der Waals surface area contributed by atoms with Crippen molar-refractivity contribution in [3.05, 3.63) is 30.9 Å². The van der Waals surface area contributed by atoms with Gasteiger partial charge < -0.3 is 14.6 Å². The SMILES string of the molecule is CN(CC#N)C(=O)OC1CCCN(c2cncc3cnc4[nH]ccc4c23)C1. The first-order valence-electron chi connectivity index (χ1n) is 8.91. The van der Waals surface area contributed by atoms with Gasteiger partial charge in [-0.25, -0.2) is 9.78 Å². The average molecular weight is 364 g/mol. The molecule has 8 heteroatoms. The lowest BCUT2D eigenvalue weighted by Crippen LogP contribution is -2.42. The lowest BCUT2D eigenvalue weighted by atomic mass is 10.0. The first-order chi connectivity index (χ1) is 13.2. The Morgan fingerprint density at radius 2 is 2.37 bits per heavy atom. The second-order valence-electron chi connectivity index (χ2n) is 6.73. The van der Waals surface area contributed by atoms with Gasteiger partial charge in [-0.2, -0.15) is 5.26 Å². The average Bonchev–Trinajstić information content (AvgIpc) is 3.17. The fourth-order valence-corrected chi connectivity index (χ4v) is 3.56. The van der Waals surface area contributed by atoms with Crippen LogP contribution in [-0.2, 0) is 4.74 Å². The van der Waals surface area contributed by atoms with E-state index in [9.17, 15) is 4.79 Å². The van der Waals surface area contributed by atoms with E-state index in [1.54, 1.807) is 7.05 Å². The highest BCUT2D eigenvalue weighted by molar-refractivity contribution is 6.10. The number of piperidine rings is 1. The fourth-order valence-electron chi connectivity index (χ4n) is 3.56. The molecule has 138 valence electrons. The molecule has 0 radical (unpaired) electrons. The van der Waals surface area contributed by atoms with Crippen LogP contribution in [0.1, 0.15) is 12.8 Å². The zero-order chi connectivity index (χ0) is 18.8. The number of aromatic nitrogens is 3. The summed E-state index contributed by atoms with van der Waals surface area (Å²) in [5.41, 5.74) is 1.86. The highest BCUT2D eigenvalue weighted by Crippen LogP contribution is 2.33. The summed E-state index contributed by atoms with van der Waals surface area (Å²) in [4.78, 5) is 27.6. The molecule has 1 aliphatic heterocycles. The number of carbonyl (C=O) groups is 1. The van der Waals surface area contributed by atoms with E-state index >= 15 is 0 Å². The number of pyridine rings is 2. The Bertz CT molecular complexity index is 1020. The highest BCUT2D eigenvalue weighted by Gasteiger charge is 2.26. The van der Waals surface area contributed by atoms with Gasteiger partial charge in [-0.3, -0.25) is 9.88 Å². The number of nitriles is 1. The van der Waals surface area contributed by atoms with Crippen molar-refractivity contribution in [3.63, 3.8) is 0 Å². The van der Waals surface area contributed by atoms with Crippen LogP contribution in [0, 0.1) is 11.3 Å². The van der Waals surface area contributed by atoms with Crippen molar-refractivity contribution >= 4 is 33.6 Å². The molecular weight excluding hydrogens is 344 g/mol. The summed E-state index contributed by atoms with van der Waals surface area (Å²) in [6, 6.07) is 3.97. The number of amides is 1. The molecule has 1 atom stereocenters. The van der Waals surface area contributed by atoms with Crippen molar-refractivity contribution in [2.24, 2.45) is 0 Å². The van der Waals surface area contributed by atoms with Crippen LogP contribution in [-0.4, -0.2) is 58.7 Å². The molecule has 4 heterocycles. The summed E-state index contributed by atoms with van der Waals surface area (Å²) in [6.45, 7) is 1.49. The molecule has 1 N–H and O–H groups in total. The van der Waals surface area contributed by atoms with E-state index in [1.807, 2.05) is 36.9 Å². The van der Waals surface area contributed by atoms with Gasteiger partial charge in [0.05, 0.1) is 24.5 Å². The zero-order valence-electron chi connectivity index (χ0n) is 15.1. The minimum absolute atomic E-state index is 0.0149. The third-order valence-corrected chi connectivity index (χ3v) is 4.89. The topological polar surface area (TPSA) is 98.1 Å². The van der Waals surface area contributed by atoms with E-state index in [4.69, 9.17) is 10.00 Å². The number of H-pyrrole nitrogens is 1. The van der Waals surface area contributed by atoms with Gasteiger partial charge in [0.25, 0.3) is 0 Å². The Morgan fingerprint density at radius 3 is 3.22 bits per heavy atom. The molecule has 27 heavy (non-hydrogen) atoms. The van der Waals surface area contributed by atoms with Crippen LogP contribution in [0.4, 0.5) is 10.5 Å². The van der Waals surface area contributed by atoms with Crippen molar-refractivity contribution in [3.8, 4) is 6.07 Å². The van der Waals surface area contributed by atoms with Crippen LogP contribution < -0.4 is 4.90 Å². The molecule has 8 nitrogen and oxygen atoms in total. The van der Waals surface area contributed by atoms with E-state index < -0.39 is 6.09 Å². The van der Waals surface area contributed by atoms with E-state index in [1.165, 1.54) is 4.90 Å². The molecule has 3 aromatic heterocycles. The van der Waals surface area contributed by atoms with Gasteiger partial charge in [0.15, 0.2) is 0 Å². The van der Waals surface area contributed by atoms with E-state index in [-0.39, 0.29) is 12.6 Å². The van der Waals surface area contributed by atoms with Crippen LogP contribution >= 0.6 is 0 Å². The van der Waals surface area contributed by atoms with Crippen molar-refractivity contribution in [2.75, 3.05) is 31.6 Å². The van der Waals surface area contributed by atoms with Crippen LogP contribution in [0.15, 0.2) is 30.9 Å². The molecule has 1 saturated heterocycles. The summed E-state index contributed by atoms with van der Waals surface area (Å²) >= 11 is 0. The molecule has 0 aromatic carbocycles. The summed E-state index contributed by atoms with van der Waals surface area (Å²) < 4.78 is 5.60. The van der Waals surface area contributed by atoms with Gasteiger partial charge in [0.1, 0.15) is 18.3 Å². The minimum atomic E-state index is -0.461. The molecule has 0 bridgehead atoms. The van der Waals surface area contributed by atoms with Gasteiger partial charge >= 0.3 is 6.09 Å². The lowest BCUT2D eigenvalue weighted by molar-refractivity contribution is 0.0647. The second-order valence-corrected chi connectivity index (χ2v) is 6.73. The molecule has 1 aliphatic rings. The summed E-state index contributed by atoms with van der Waals surface area (Å²) in [7, 11) is 1.57. The standard InChI is InChI=1S/C19H20N6O2/c1-24(8-5-20)19(26)27-14-3-2-7-25(12-14)16-11-21-9-13-10-23-18-15(17(13)16)4-6-22-18/h4,6,9-11,14H,2-3,7-8,12H2,1H3,(H,22,23). The summed E-state index contributed by atoms with van der Waals surface area (Å²) in [6.07, 6.45) is 8.43. The first kappa shape index (κ1) is 17.1. The molecule has 0 spiro atoms. The zero-order valence-corrected chi connectivity index (χ0v) is 15.1. The van der Waals surface area contributed by atoms with Crippen molar-refractivity contribution in [2.45, 2.75) is 18.9 Å². The second kappa shape index (κ2) is 7.11. The lowest BCUT2D eigenvalue weighted by Gasteiger charge is -2.35. The molecule has 3 aromatic rings. The Labute approximate surface area is 156 Å². The highest BCUT2D eigenvalue weighted by atomic mass is 16.6. The third-order valence-electron chi connectivity index (χ3n) is 4.89.